The molecule has 21 heavy (non-hydrogen) atoms. The second-order valence-corrected chi connectivity index (χ2v) is 5.44. The minimum atomic E-state index is -0.686. The molecule has 0 radical (unpaired) electrons. The maximum absolute atomic E-state index is 11.8. The molecule has 1 aliphatic carbocycles. The van der Waals surface area contributed by atoms with Gasteiger partial charge in [-0.05, 0) is 51.0 Å². The van der Waals surface area contributed by atoms with E-state index >= 15 is 0 Å². The van der Waals surface area contributed by atoms with E-state index in [1.165, 1.54) is 0 Å². The first kappa shape index (κ1) is 17.3. The number of nitrogens with one attached hydrogen (secondary N) is 3. The number of hydrogen-bond acceptors (Lipinski definition) is 3. The van der Waals surface area contributed by atoms with E-state index in [4.69, 9.17) is 5.73 Å². The van der Waals surface area contributed by atoms with Crippen LogP contribution in [0.4, 0.5) is 16.2 Å². The van der Waals surface area contributed by atoms with Gasteiger partial charge in [0.2, 0.25) is 5.91 Å². The Labute approximate surface area is 130 Å². The molecule has 3 amide bonds. The number of nitrogens with two attached hydrogens (primary N) is 1. The molecule has 1 saturated carbocycles. The Bertz CT molecular complexity index is 512. The Morgan fingerprint density at radius 2 is 1.57 bits per heavy atom. The van der Waals surface area contributed by atoms with Crippen LogP contribution >= 0.6 is 12.4 Å². The molecule has 1 aromatic rings. The van der Waals surface area contributed by atoms with Crippen LogP contribution in [0.2, 0.25) is 0 Å². The van der Waals surface area contributed by atoms with Crippen molar-refractivity contribution >= 4 is 35.7 Å². The second-order valence-electron chi connectivity index (χ2n) is 5.44. The highest BCUT2D eigenvalue weighted by molar-refractivity contribution is 6.00. The highest BCUT2D eigenvalue weighted by Gasteiger charge is 2.45. The van der Waals surface area contributed by atoms with Gasteiger partial charge in [0, 0.05) is 17.4 Å². The van der Waals surface area contributed by atoms with E-state index in [1.54, 1.807) is 24.3 Å². The molecule has 2 rings (SSSR count). The van der Waals surface area contributed by atoms with E-state index in [-0.39, 0.29) is 30.4 Å². The molecule has 116 valence electrons. The van der Waals surface area contributed by atoms with Crippen LogP contribution < -0.4 is 21.7 Å². The fourth-order valence-corrected chi connectivity index (χ4v) is 1.68. The van der Waals surface area contributed by atoms with Gasteiger partial charge < -0.3 is 21.7 Å². The number of carbonyl (C=O) groups excluding carboxylic acids is 2. The molecule has 1 aliphatic rings. The molecule has 0 unspecified atom stereocenters. The minimum Gasteiger partial charge on any atom is -0.336 e. The van der Waals surface area contributed by atoms with Crippen LogP contribution in [0.25, 0.3) is 0 Å². The Morgan fingerprint density at radius 1 is 1.10 bits per heavy atom. The lowest BCUT2D eigenvalue weighted by molar-refractivity contribution is -0.118. The zero-order valence-electron chi connectivity index (χ0n) is 12.1. The molecule has 1 fully saturated rings. The number of amides is 3. The van der Waals surface area contributed by atoms with Crippen LogP contribution in [0.5, 0.6) is 0 Å². The number of hydrogen-bond donors (Lipinski definition) is 4. The third kappa shape index (κ3) is 4.91. The molecule has 0 spiro atoms. The van der Waals surface area contributed by atoms with Gasteiger partial charge in [-0.2, -0.15) is 0 Å². The highest BCUT2D eigenvalue weighted by Crippen LogP contribution is 2.33. The number of carbonyl (C=O) groups is 2. The van der Waals surface area contributed by atoms with Gasteiger partial charge in [0.15, 0.2) is 0 Å². The zero-order valence-corrected chi connectivity index (χ0v) is 12.9. The maximum atomic E-state index is 11.8. The molecule has 0 heterocycles. The molecule has 1 aromatic carbocycles. The lowest BCUT2D eigenvalue weighted by Gasteiger charge is -2.12. The van der Waals surface area contributed by atoms with Crippen molar-refractivity contribution in [2.24, 2.45) is 5.73 Å². The molecule has 5 N–H and O–H groups in total. The fraction of sp³-hybridized carbons (Fsp3) is 0.429. The Morgan fingerprint density at radius 3 is 2.00 bits per heavy atom. The van der Waals surface area contributed by atoms with Gasteiger partial charge in [-0.15, -0.1) is 12.4 Å². The molecule has 0 aromatic heterocycles. The van der Waals surface area contributed by atoms with Crippen molar-refractivity contribution in [2.75, 3.05) is 10.6 Å². The quantitative estimate of drug-likeness (QED) is 0.685. The van der Waals surface area contributed by atoms with Crippen molar-refractivity contribution in [3.05, 3.63) is 24.3 Å². The standard InChI is InChI=1S/C14H20N4O2.ClH/c1-9(2)16-13(20)18-11-5-3-10(4-6-11)17-12(19)14(15)7-8-14;/h3-6,9H,7-8,15H2,1-2H3,(H,17,19)(H2,16,18,20);1H. The van der Waals surface area contributed by atoms with Crippen molar-refractivity contribution < 1.29 is 9.59 Å². The van der Waals surface area contributed by atoms with Gasteiger partial charge in [0.05, 0.1) is 5.54 Å². The number of anilines is 2. The van der Waals surface area contributed by atoms with E-state index < -0.39 is 5.54 Å². The van der Waals surface area contributed by atoms with Gasteiger partial charge in [0.1, 0.15) is 0 Å². The third-order valence-electron chi connectivity index (χ3n) is 3.06. The average molecular weight is 313 g/mol. The van der Waals surface area contributed by atoms with E-state index in [2.05, 4.69) is 16.0 Å². The van der Waals surface area contributed by atoms with Crippen LogP contribution in [0.1, 0.15) is 26.7 Å². The van der Waals surface area contributed by atoms with Crippen molar-refractivity contribution in [2.45, 2.75) is 38.3 Å². The molecule has 0 atom stereocenters. The number of benzene rings is 1. The summed E-state index contributed by atoms with van der Waals surface area (Å²) in [6, 6.07) is 6.74. The van der Waals surface area contributed by atoms with Crippen LogP contribution in [-0.4, -0.2) is 23.5 Å². The first-order valence-electron chi connectivity index (χ1n) is 6.67. The summed E-state index contributed by atoms with van der Waals surface area (Å²) in [7, 11) is 0. The third-order valence-corrected chi connectivity index (χ3v) is 3.06. The predicted molar refractivity (Wildman–Crippen MR) is 85.8 cm³/mol. The lowest BCUT2D eigenvalue weighted by Crippen LogP contribution is -2.37. The van der Waals surface area contributed by atoms with Crippen molar-refractivity contribution in [1.82, 2.24) is 5.32 Å². The molecule has 0 bridgehead atoms. The van der Waals surface area contributed by atoms with Crippen molar-refractivity contribution in [3.63, 3.8) is 0 Å². The van der Waals surface area contributed by atoms with Crippen LogP contribution in [0, 0.1) is 0 Å². The largest absolute Gasteiger partial charge is 0.336 e. The van der Waals surface area contributed by atoms with Crippen LogP contribution in [0.15, 0.2) is 24.3 Å². The molecule has 0 saturated heterocycles. The Kier molecular flexibility index (Phi) is 5.57. The monoisotopic (exact) mass is 312 g/mol. The molecular formula is C14H21ClN4O2. The summed E-state index contributed by atoms with van der Waals surface area (Å²) in [5, 5.41) is 8.20. The SMILES string of the molecule is CC(C)NC(=O)Nc1ccc(NC(=O)C2(N)CC2)cc1.Cl. The summed E-state index contributed by atoms with van der Waals surface area (Å²) >= 11 is 0. The van der Waals surface area contributed by atoms with E-state index in [0.717, 1.165) is 12.8 Å². The molecular weight excluding hydrogens is 292 g/mol. The Balaban J connectivity index is 0.00000220. The first-order valence-corrected chi connectivity index (χ1v) is 6.67. The highest BCUT2D eigenvalue weighted by atomic mass is 35.5. The van der Waals surface area contributed by atoms with E-state index in [1.807, 2.05) is 13.8 Å². The summed E-state index contributed by atoms with van der Waals surface area (Å²) in [6.45, 7) is 3.78. The zero-order chi connectivity index (χ0) is 14.8. The average Bonchev–Trinajstić information content (AvgIpc) is 3.10. The number of halogens is 1. The van der Waals surface area contributed by atoms with Gasteiger partial charge in [-0.1, -0.05) is 0 Å². The van der Waals surface area contributed by atoms with Gasteiger partial charge in [-0.3, -0.25) is 4.79 Å². The summed E-state index contributed by atoms with van der Waals surface area (Å²) < 4.78 is 0. The number of urea groups is 1. The summed E-state index contributed by atoms with van der Waals surface area (Å²) in [5.41, 5.74) is 6.45. The van der Waals surface area contributed by atoms with Crippen LogP contribution in [-0.2, 0) is 4.79 Å². The lowest BCUT2D eigenvalue weighted by atomic mass is 10.2. The Hall–Kier alpha value is -1.79. The minimum absolute atomic E-state index is 0. The number of rotatable bonds is 4. The van der Waals surface area contributed by atoms with E-state index in [9.17, 15) is 9.59 Å². The smallest absolute Gasteiger partial charge is 0.319 e. The normalized spacial score (nSPS) is 14.9. The first-order chi connectivity index (χ1) is 9.39. The second kappa shape index (κ2) is 6.78. The summed E-state index contributed by atoms with van der Waals surface area (Å²) in [4.78, 5) is 23.3. The van der Waals surface area contributed by atoms with Crippen molar-refractivity contribution in [3.8, 4) is 0 Å². The summed E-state index contributed by atoms with van der Waals surface area (Å²) in [5.74, 6) is -0.157. The van der Waals surface area contributed by atoms with Gasteiger partial charge in [-0.25, -0.2) is 4.79 Å². The summed E-state index contributed by atoms with van der Waals surface area (Å²) in [6.07, 6.45) is 1.46. The molecule has 7 heteroatoms. The topological polar surface area (TPSA) is 96.2 Å². The molecule has 6 nitrogen and oxygen atoms in total. The maximum Gasteiger partial charge on any atom is 0.319 e. The van der Waals surface area contributed by atoms with E-state index in [0.29, 0.717) is 11.4 Å². The van der Waals surface area contributed by atoms with Gasteiger partial charge >= 0.3 is 6.03 Å². The van der Waals surface area contributed by atoms with Crippen LogP contribution in [0.3, 0.4) is 0 Å². The predicted octanol–water partition coefficient (Wildman–Crippen LogP) is 2.07. The molecule has 0 aliphatic heterocycles. The fourth-order valence-electron chi connectivity index (χ4n) is 1.68. The van der Waals surface area contributed by atoms with Gasteiger partial charge in [0.25, 0.3) is 0 Å². The van der Waals surface area contributed by atoms with Crippen molar-refractivity contribution in [1.29, 1.82) is 0 Å².